The molecule has 0 aromatic heterocycles. The molecule has 1 heterocycles. The van der Waals surface area contributed by atoms with Gasteiger partial charge in [-0.25, -0.2) is 9.18 Å². The summed E-state index contributed by atoms with van der Waals surface area (Å²) in [6.45, 7) is 5.72. The summed E-state index contributed by atoms with van der Waals surface area (Å²) in [6, 6.07) is 2.58. The Labute approximate surface area is 163 Å². The molecule has 0 saturated carbocycles. The summed E-state index contributed by atoms with van der Waals surface area (Å²) < 4.78 is 29.4. The maximum absolute atomic E-state index is 14.3. The number of ketones is 1. The third-order valence-corrected chi connectivity index (χ3v) is 4.38. The van der Waals surface area contributed by atoms with E-state index in [0.717, 1.165) is 6.07 Å². The minimum atomic E-state index is -1.28. The summed E-state index contributed by atoms with van der Waals surface area (Å²) in [5, 5.41) is 10.2. The summed E-state index contributed by atoms with van der Waals surface area (Å²) in [4.78, 5) is 35.2. The van der Waals surface area contributed by atoms with Crippen LogP contribution in [0.2, 0.25) is 5.82 Å². The maximum atomic E-state index is 14.3. The highest BCUT2D eigenvalue weighted by Crippen LogP contribution is 2.38. The van der Waals surface area contributed by atoms with Gasteiger partial charge in [0.2, 0.25) is 6.79 Å². The first kappa shape index (κ1) is 21.9. The van der Waals surface area contributed by atoms with Crippen LogP contribution in [-0.4, -0.2) is 36.7 Å². The van der Waals surface area contributed by atoms with Crippen LogP contribution in [0, 0.1) is 11.2 Å². The van der Waals surface area contributed by atoms with E-state index in [0.29, 0.717) is 18.4 Å². The lowest BCUT2D eigenvalue weighted by molar-refractivity contribution is -0.161. The zero-order chi connectivity index (χ0) is 21.1. The number of carbonyl (C=O) groups excluding carboxylic acids is 3. The first-order valence-electron chi connectivity index (χ1n) is 9.00. The van der Waals surface area contributed by atoms with Gasteiger partial charge in [-0.05, 0) is 52.2 Å². The van der Waals surface area contributed by atoms with Crippen molar-refractivity contribution in [1.29, 1.82) is 0 Å². The number of Topliss-reactive ketones (excluding diaryl/α,β-unsaturated/α-hetero) is 1. The zero-order valence-corrected chi connectivity index (χ0v) is 16.4. The smallest absolute Gasteiger partial charge is 0.526 e. The molecule has 0 amide bonds. The fourth-order valence-electron chi connectivity index (χ4n) is 2.75. The summed E-state index contributed by atoms with van der Waals surface area (Å²) in [7, 11) is -1.28. The van der Waals surface area contributed by atoms with Crippen molar-refractivity contribution in [3.05, 3.63) is 29.1 Å². The molecule has 0 saturated heterocycles. The van der Waals surface area contributed by atoms with E-state index in [4.69, 9.17) is 14.1 Å². The number of carbonyl (C=O) groups is 3. The molecule has 1 atom stereocenters. The largest absolute Gasteiger partial charge is 0.535 e. The Morgan fingerprint density at radius 1 is 1.29 bits per heavy atom. The molecule has 0 spiro atoms. The first-order valence-corrected chi connectivity index (χ1v) is 9.00. The predicted molar refractivity (Wildman–Crippen MR) is 98.2 cm³/mol. The van der Waals surface area contributed by atoms with Gasteiger partial charge in [-0.1, -0.05) is 6.07 Å². The topological polar surface area (TPSA) is 99.1 Å². The van der Waals surface area contributed by atoms with Gasteiger partial charge in [0, 0.05) is 12.2 Å². The van der Waals surface area contributed by atoms with Gasteiger partial charge in [-0.2, -0.15) is 0 Å². The Hall–Kier alpha value is -2.42. The highest BCUT2D eigenvalue weighted by atomic mass is 19.1. The molecule has 1 aromatic rings. The fourth-order valence-corrected chi connectivity index (χ4v) is 2.75. The Morgan fingerprint density at radius 2 is 1.96 bits per heavy atom. The van der Waals surface area contributed by atoms with Crippen molar-refractivity contribution in [2.24, 2.45) is 5.41 Å². The second kappa shape index (κ2) is 8.73. The molecule has 1 aromatic carbocycles. The van der Waals surface area contributed by atoms with Gasteiger partial charge in [-0.3, -0.25) is 4.79 Å². The van der Waals surface area contributed by atoms with Gasteiger partial charge in [0.1, 0.15) is 22.9 Å². The van der Waals surface area contributed by atoms with Crippen LogP contribution in [0.1, 0.15) is 56.5 Å². The SMILES string of the molecule is CC(=O)CC[C@H]1Cc2ccc(F)c(C(=O)OCOC(=O)C(C)(C)C)c2OB1O. The molecular weight excluding hydrogens is 370 g/mol. The van der Waals surface area contributed by atoms with Crippen molar-refractivity contribution in [1.82, 2.24) is 0 Å². The molecule has 0 fully saturated rings. The van der Waals surface area contributed by atoms with Gasteiger partial charge in [-0.15, -0.1) is 0 Å². The molecule has 1 aliphatic rings. The molecule has 2 rings (SSSR count). The fraction of sp³-hybridized carbons (Fsp3) is 0.526. The van der Waals surface area contributed by atoms with E-state index in [1.807, 2.05) is 0 Å². The molecule has 0 unspecified atom stereocenters. The number of hydrogen-bond donors (Lipinski definition) is 1. The monoisotopic (exact) mass is 394 g/mol. The quantitative estimate of drug-likeness (QED) is 0.450. The number of fused-ring (bicyclic) bond motifs is 1. The Bertz CT molecular complexity index is 772. The Morgan fingerprint density at radius 3 is 2.57 bits per heavy atom. The molecular formula is C19H24BFO7. The third-order valence-electron chi connectivity index (χ3n) is 4.38. The van der Waals surface area contributed by atoms with Crippen LogP contribution in [0.25, 0.3) is 0 Å². The predicted octanol–water partition coefficient (Wildman–Crippen LogP) is 2.68. The average Bonchev–Trinajstić information content (AvgIpc) is 2.58. The van der Waals surface area contributed by atoms with E-state index in [1.165, 1.54) is 13.0 Å². The van der Waals surface area contributed by atoms with Crippen molar-refractivity contribution >= 4 is 24.8 Å². The Balaban J connectivity index is 2.12. The van der Waals surface area contributed by atoms with Crippen molar-refractivity contribution < 1.29 is 37.9 Å². The molecule has 1 N–H and O–H groups in total. The van der Waals surface area contributed by atoms with Crippen molar-refractivity contribution in [2.75, 3.05) is 6.79 Å². The zero-order valence-electron chi connectivity index (χ0n) is 16.4. The van der Waals surface area contributed by atoms with E-state index in [-0.39, 0.29) is 23.8 Å². The van der Waals surface area contributed by atoms with E-state index >= 15 is 0 Å². The maximum Gasteiger partial charge on any atom is 0.526 e. The van der Waals surface area contributed by atoms with Gasteiger partial charge in [0.25, 0.3) is 0 Å². The lowest BCUT2D eigenvalue weighted by Crippen LogP contribution is -2.35. The number of rotatable bonds is 6. The van der Waals surface area contributed by atoms with Crippen molar-refractivity contribution in [2.45, 2.75) is 52.8 Å². The molecule has 7 nitrogen and oxygen atoms in total. The summed E-state index contributed by atoms with van der Waals surface area (Å²) in [5.74, 6) is -2.97. The number of benzene rings is 1. The Kier molecular flexibility index (Phi) is 6.82. The summed E-state index contributed by atoms with van der Waals surface area (Å²) >= 11 is 0. The molecule has 28 heavy (non-hydrogen) atoms. The highest BCUT2D eigenvalue weighted by Gasteiger charge is 2.38. The van der Waals surface area contributed by atoms with Gasteiger partial charge >= 0.3 is 19.1 Å². The van der Waals surface area contributed by atoms with E-state index in [9.17, 15) is 23.8 Å². The third kappa shape index (κ3) is 5.31. The molecule has 9 heteroatoms. The summed E-state index contributed by atoms with van der Waals surface area (Å²) in [6.07, 6.45) is 1.02. The number of esters is 2. The molecule has 0 aliphatic carbocycles. The second-order valence-electron chi connectivity index (χ2n) is 7.86. The standard InChI is InChI=1S/C19H24BFO7/c1-11(22)5-7-13-9-12-6-8-14(21)15(16(12)28-20(13)25)17(23)26-10-27-18(24)19(2,3)4/h6,8,13,25H,5,7,9-10H2,1-4H3/t13-/m0/s1. The number of halogens is 1. The molecule has 1 aliphatic heterocycles. The normalized spacial score (nSPS) is 16.1. The molecule has 0 radical (unpaired) electrons. The minimum Gasteiger partial charge on any atom is -0.535 e. The van der Waals surface area contributed by atoms with Gasteiger partial charge in [0.05, 0.1) is 5.41 Å². The number of ether oxygens (including phenoxy) is 2. The summed E-state index contributed by atoms with van der Waals surface area (Å²) in [5.41, 5.74) is -0.710. The van der Waals surface area contributed by atoms with E-state index < -0.39 is 42.6 Å². The average molecular weight is 394 g/mol. The van der Waals surface area contributed by atoms with Crippen LogP contribution in [0.4, 0.5) is 4.39 Å². The lowest BCUT2D eigenvalue weighted by atomic mass is 9.64. The lowest BCUT2D eigenvalue weighted by Gasteiger charge is -2.28. The molecule has 0 bridgehead atoms. The van der Waals surface area contributed by atoms with Crippen LogP contribution in [0.15, 0.2) is 12.1 Å². The van der Waals surface area contributed by atoms with Gasteiger partial charge in [0.15, 0.2) is 0 Å². The highest BCUT2D eigenvalue weighted by molar-refractivity contribution is 6.46. The van der Waals surface area contributed by atoms with Crippen LogP contribution in [0.3, 0.4) is 0 Å². The van der Waals surface area contributed by atoms with E-state index in [1.54, 1.807) is 20.8 Å². The minimum absolute atomic E-state index is 0.00817. The van der Waals surface area contributed by atoms with Crippen molar-refractivity contribution in [3.8, 4) is 5.75 Å². The van der Waals surface area contributed by atoms with Crippen molar-refractivity contribution in [3.63, 3.8) is 0 Å². The van der Waals surface area contributed by atoms with Crippen LogP contribution in [0.5, 0.6) is 5.75 Å². The second-order valence-corrected chi connectivity index (χ2v) is 7.86. The van der Waals surface area contributed by atoms with Crippen LogP contribution in [-0.2, 0) is 25.5 Å². The van der Waals surface area contributed by atoms with Gasteiger partial charge < -0.3 is 23.9 Å². The molecule has 152 valence electrons. The van der Waals surface area contributed by atoms with Crippen LogP contribution < -0.4 is 4.65 Å². The van der Waals surface area contributed by atoms with E-state index in [2.05, 4.69) is 0 Å². The number of hydrogen-bond acceptors (Lipinski definition) is 7. The first-order chi connectivity index (χ1) is 13.0. The van der Waals surface area contributed by atoms with Crippen LogP contribution >= 0.6 is 0 Å².